The number of piperidine rings is 2. The summed E-state index contributed by atoms with van der Waals surface area (Å²) in [6, 6.07) is 35.3. The molecule has 0 radical (unpaired) electrons. The maximum absolute atomic E-state index is 13.3. The van der Waals surface area contributed by atoms with Gasteiger partial charge in [0.25, 0.3) is 31.9 Å². The maximum Gasteiger partial charge on any atom is 0.252 e. The van der Waals surface area contributed by atoms with Gasteiger partial charge in [0.2, 0.25) is 10.0 Å². The number of thiophene rings is 2. The molecule has 6 aromatic rings. The van der Waals surface area contributed by atoms with Gasteiger partial charge in [-0.05, 0) is 129 Å². The smallest absolute Gasteiger partial charge is 0.252 e. The van der Waals surface area contributed by atoms with E-state index in [-0.39, 0.29) is 46.2 Å². The average Bonchev–Trinajstić information content (AvgIpc) is 4.18. The van der Waals surface area contributed by atoms with Crippen LogP contribution in [0.5, 0.6) is 17.2 Å². The van der Waals surface area contributed by atoms with Crippen molar-refractivity contribution < 1.29 is 53.8 Å². The number of methoxy groups -OCH3 is 2. The minimum Gasteiger partial charge on any atom is -0.497 e. The third kappa shape index (κ3) is 15.1. The van der Waals surface area contributed by atoms with E-state index < -0.39 is 30.1 Å². The molecule has 9 rings (SSSR count). The minimum absolute atomic E-state index is 0.000883. The highest BCUT2D eigenvalue weighted by Crippen LogP contribution is 2.31. The number of aryl methyl sites for hydroxylation is 1. The molecule has 23 heteroatoms. The fourth-order valence-electron chi connectivity index (χ4n) is 9.11. The summed E-state index contributed by atoms with van der Waals surface area (Å²) in [6.07, 6.45) is 4.54. The third-order valence-corrected chi connectivity index (χ3v) is 22.2. The van der Waals surface area contributed by atoms with Crippen LogP contribution in [0.15, 0.2) is 135 Å². The van der Waals surface area contributed by atoms with Gasteiger partial charge in [-0.3, -0.25) is 9.59 Å². The fraction of sp³-hybridized carbons (Fsp3) is 0.382. The molecular weight excluding hydrogens is 1100 g/mol. The summed E-state index contributed by atoms with van der Waals surface area (Å²) in [5.74, 6) is 1.52. The molecule has 0 spiro atoms. The van der Waals surface area contributed by atoms with E-state index in [2.05, 4.69) is 35.0 Å². The Morgan fingerprint density at radius 2 is 1.08 bits per heavy atom. The third-order valence-electron chi connectivity index (χ3n) is 13.4. The number of nitrogens with one attached hydrogen (secondary N) is 3. The molecule has 3 aliphatic heterocycles. The lowest BCUT2D eigenvalue weighted by Crippen LogP contribution is -2.42. The monoisotopic (exact) mass is 1160 g/mol. The van der Waals surface area contributed by atoms with Gasteiger partial charge in [0.05, 0.1) is 45.4 Å². The second kappa shape index (κ2) is 26.8. The Labute approximate surface area is 465 Å². The SMILES string of the molecule is CCCc1cccc(OC2CCN(S(=O)(=O)c3ccc(CNC(=O)c4cccc(OC)c4)s3)CC2)c1.COc1cccc(C(=O)NCc2ccc(S(=O)(=O)N3CCC(Nc4cccc(S(=O)(=O)N5CCOCC5)c4)CC3)s2)c1. The Hall–Kier alpha value is -5.89. The molecule has 2 amide bonds. The first-order valence-corrected chi connectivity index (χ1v) is 31.7. The first-order chi connectivity index (χ1) is 37.5. The summed E-state index contributed by atoms with van der Waals surface area (Å²) in [4.78, 5) is 26.7. The van der Waals surface area contributed by atoms with Crippen LogP contribution in [0.1, 0.15) is 75.1 Å². The number of carbonyl (C=O) groups is 2. The van der Waals surface area contributed by atoms with Crippen molar-refractivity contribution in [3.05, 3.63) is 148 Å². The molecule has 418 valence electrons. The van der Waals surface area contributed by atoms with E-state index in [1.807, 2.05) is 18.2 Å². The summed E-state index contributed by atoms with van der Waals surface area (Å²) >= 11 is 2.33. The molecule has 0 atom stereocenters. The molecule has 0 unspecified atom stereocenters. The van der Waals surface area contributed by atoms with Crippen LogP contribution in [0.4, 0.5) is 5.69 Å². The predicted molar refractivity (Wildman–Crippen MR) is 301 cm³/mol. The van der Waals surface area contributed by atoms with Gasteiger partial charge >= 0.3 is 0 Å². The van der Waals surface area contributed by atoms with Crippen LogP contribution in [0.25, 0.3) is 0 Å². The van der Waals surface area contributed by atoms with Crippen LogP contribution in [-0.2, 0) is 54.3 Å². The number of carbonyl (C=O) groups excluding carboxylic acids is 2. The van der Waals surface area contributed by atoms with E-state index in [1.165, 1.54) is 36.9 Å². The topological polar surface area (TPSA) is 219 Å². The number of benzene rings is 4. The quantitative estimate of drug-likeness (QED) is 0.0664. The van der Waals surface area contributed by atoms with Gasteiger partial charge in [0, 0.05) is 71.9 Å². The minimum atomic E-state index is -3.68. The van der Waals surface area contributed by atoms with Gasteiger partial charge in [0.15, 0.2) is 0 Å². The van der Waals surface area contributed by atoms with Crippen LogP contribution in [-0.4, -0.2) is 129 Å². The largest absolute Gasteiger partial charge is 0.497 e. The van der Waals surface area contributed by atoms with Crippen molar-refractivity contribution in [3.63, 3.8) is 0 Å². The molecule has 3 aliphatic rings. The first kappa shape index (κ1) is 58.3. The van der Waals surface area contributed by atoms with Gasteiger partial charge in [-0.1, -0.05) is 43.7 Å². The summed E-state index contributed by atoms with van der Waals surface area (Å²) in [7, 11) is -7.79. The summed E-state index contributed by atoms with van der Waals surface area (Å²) in [5.41, 5.74) is 2.88. The Kier molecular flexibility index (Phi) is 20.1. The molecule has 3 saturated heterocycles. The molecule has 3 N–H and O–H groups in total. The molecule has 3 fully saturated rings. The highest BCUT2D eigenvalue weighted by Gasteiger charge is 2.33. The first-order valence-electron chi connectivity index (χ1n) is 25.8. The highest BCUT2D eigenvalue weighted by molar-refractivity contribution is 7.91. The highest BCUT2D eigenvalue weighted by atomic mass is 32.3. The van der Waals surface area contributed by atoms with Crippen LogP contribution in [0, 0.1) is 0 Å². The predicted octanol–water partition coefficient (Wildman–Crippen LogP) is 7.84. The van der Waals surface area contributed by atoms with Gasteiger partial charge < -0.3 is 34.9 Å². The lowest BCUT2D eigenvalue weighted by atomic mass is 10.1. The maximum atomic E-state index is 13.3. The van der Waals surface area contributed by atoms with Crippen LogP contribution >= 0.6 is 22.7 Å². The number of hydrogen-bond acceptors (Lipinski definition) is 15. The number of hydrogen-bond donors (Lipinski definition) is 3. The van der Waals surface area contributed by atoms with E-state index >= 15 is 0 Å². The van der Waals surface area contributed by atoms with Crippen molar-refractivity contribution in [1.82, 2.24) is 23.5 Å². The second-order valence-electron chi connectivity index (χ2n) is 18.8. The van der Waals surface area contributed by atoms with Crippen molar-refractivity contribution >= 4 is 70.2 Å². The molecule has 0 saturated carbocycles. The lowest BCUT2D eigenvalue weighted by molar-refractivity contribution is 0.0730. The van der Waals surface area contributed by atoms with Crippen LogP contribution in [0.2, 0.25) is 0 Å². The molecule has 2 aromatic heterocycles. The van der Waals surface area contributed by atoms with Gasteiger partial charge in [-0.25, -0.2) is 25.3 Å². The number of rotatable bonds is 20. The molecule has 18 nitrogen and oxygen atoms in total. The number of ether oxygens (including phenoxy) is 4. The zero-order valence-corrected chi connectivity index (χ0v) is 47.9. The van der Waals surface area contributed by atoms with Gasteiger partial charge in [-0.15, -0.1) is 22.7 Å². The standard InChI is InChI=1S/C28H34N4O7S3.C27H32N2O5S2/c1-38-24-6-2-4-21(18-24)28(33)29-20-25-8-9-27(40-25)42(36,37)31-12-10-22(11-13-31)30-23-5-3-7-26(19-23)41(34,35)32-14-16-39-17-15-32;1-3-6-20-7-4-10-24(17-20)34-22-13-15-29(16-14-22)36(31,32)26-12-11-25(35-26)19-28-27(30)21-8-5-9-23(18-21)33-2/h2-9,18-19,22,30H,10-17,20H2,1H3,(H,29,33);4-5,7-12,17-18,22H,3,6,13-16,19H2,1-2H3,(H,28,30). The number of sulfonamides is 3. The summed E-state index contributed by atoms with van der Waals surface area (Å²) in [6.45, 7) is 5.55. The van der Waals surface area contributed by atoms with Crippen molar-refractivity contribution in [2.75, 3.05) is 72.0 Å². The van der Waals surface area contributed by atoms with Crippen molar-refractivity contribution in [2.45, 2.75) is 84.0 Å². The Morgan fingerprint density at radius 3 is 1.62 bits per heavy atom. The van der Waals surface area contributed by atoms with Crippen LogP contribution in [0.3, 0.4) is 0 Å². The second-order valence-corrected chi connectivity index (χ2v) is 27.4. The summed E-state index contributed by atoms with van der Waals surface area (Å²) < 4.78 is 106. The van der Waals surface area contributed by atoms with E-state index in [0.29, 0.717) is 111 Å². The molecule has 78 heavy (non-hydrogen) atoms. The van der Waals surface area contributed by atoms with Crippen molar-refractivity contribution in [1.29, 1.82) is 0 Å². The van der Waals surface area contributed by atoms with E-state index in [4.69, 9.17) is 18.9 Å². The number of morpholine rings is 1. The normalized spacial score (nSPS) is 16.3. The Morgan fingerprint density at radius 1 is 0.577 bits per heavy atom. The van der Waals surface area contributed by atoms with Crippen molar-refractivity contribution in [2.24, 2.45) is 0 Å². The molecular formula is C55H66N6O12S5. The van der Waals surface area contributed by atoms with Gasteiger partial charge in [0.1, 0.15) is 31.8 Å². The molecule has 4 aromatic carbocycles. The summed E-state index contributed by atoms with van der Waals surface area (Å²) in [5, 5.41) is 9.05. The Bertz CT molecular complexity index is 3330. The molecule has 5 heterocycles. The van der Waals surface area contributed by atoms with Crippen LogP contribution < -0.4 is 30.2 Å². The average molecular weight is 1160 g/mol. The number of nitrogens with zero attached hydrogens (tertiary/aromatic N) is 3. The van der Waals surface area contributed by atoms with E-state index in [0.717, 1.165) is 39.7 Å². The number of anilines is 1. The zero-order chi connectivity index (χ0) is 55.3. The zero-order valence-electron chi connectivity index (χ0n) is 43.8. The van der Waals surface area contributed by atoms with E-state index in [1.54, 1.807) is 98.1 Å². The number of amides is 2. The molecule has 0 aliphatic carbocycles. The Balaban J connectivity index is 0.000000208. The molecule has 0 bridgehead atoms. The van der Waals surface area contributed by atoms with Crippen molar-refractivity contribution in [3.8, 4) is 17.2 Å². The lowest BCUT2D eigenvalue weighted by Gasteiger charge is -2.32. The van der Waals surface area contributed by atoms with Gasteiger partial charge in [-0.2, -0.15) is 12.9 Å². The fourth-order valence-corrected chi connectivity index (χ4v) is 16.4. The van der Waals surface area contributed by atoms with E-state index in [9.17, 15) is 34.8 Å².